The van der Waals surface area contributed by atoms with Crippen molar-refractivity contribution in [1.29, 1.82) is 0 Å². The minimum atomic E-state index is -0.437. The van der Waals surface area contributed by atoms with Gasteiger partial charge in [-0.3, -0.25) is 9.59 Å². The van der Waals surface area contributed by atoms with Crippen molar-refractivity contribution in [2.24, 2.45) is 5.92 Å². The molecule has 4 nitrogen and oxygen atoms in total. The number of nitrogens with zero attached hydrogens (tertiary/aromatic N) is 1. The molecule has 2 atom stereocenters. The lowest BCUT2D eigenvalue weighted by atomic mass is 9.98. The first-order chi connectivity index (χ1) is 12.5. The highest BCUT2D eigenvalue weighted by atomic mass is 16.5. The summed E-state index contributed by atoms with van der Waals surface area (Å²) in [6.45, 7) is 6.58. The Morgan fingerprint density at radius 1 is 1.23 bits per heavy atom. The molecule has 1 aliphatic heterocycles. The molecule has 0 unspecified atom stereocenters. The molecule has 1 aliphatic rings. The molecule has 2 aromatic carbocycles. The van der Waals surface area contributed by atoms with E-state index in [1.807, 2.05) is 55.5 Å². The number of amides is 1. The van der Waals surface area contributed by atoms with E-state index in [-0.39, 0.29) is 18.3 Å². The third-order valence-corrected chi connectivity index (χ3v) is 5.04. The van der Waals surface area contributed by atoms with Crippen molar-refractivity contribution in [3.63, 3.8) is 0 Å². The van der Waals surface area contributed by atoms with Crippen molar-refractivity contribution in [3.8, 4) is 5.75 Å². The summed E-state index contributed by atoms with van der Waals surface area (Å²) in [6, 6.07) is 15.4. The summed E-state index contributed by atoms with van der Waals surface area (Å²) >= 11 is 0. The van der Waals surface area contributed by atoms with Gasteiger partial charge in [-0.1, -0.05) is 44.2 Å². The van der Waals surface area contributed by atoms with Crippen LogP contribution in [0, 0.1) is 12.8 Å². The molecule has 0 radical (unpaired) electrons. The SMILES string of the molecule is CC[C@@H](C)c1ccccc1OC(=O)[C@H]1CC(=O)N(c2cccc(C)c2)C1. The summed E-state index contributed by atoms with van der Waals surface area (Å²) in [5, 5.41) is 0. The van der Waals surface area contributed by atoms with E-state index in [1.54, 1.807) is 4.90 Å². The minimum absolute atomic E-state index is 0.0345. The van der Waals surface area contributed by atoms with E-state index in [1.165, 1.54) is 0 Å². The van der Waals surface area contributed by atoms with Crippen LogP contribution in [0.5, 0.6) is 5.75 Å². The first-order valence-corrected chi connectivity index (χ1v) is 9.17. The van der Waals surface area contributed by atoms with Crippen molar-refractivity contribution < 1.29 is 14.3 Å². The number of esters is 1. The van der Waals surface area contributed by atoms with Gasteiger partial charge in [-0.15, -0.1) is 0 Å². The first kappa shape index (κ1) is 18.2. The van der Waals surface area contributed by atoms with Gasteiger partial charge in [0.1, 0.15) is 5.75 Å². The largest absolute Gasteiger partial charge is 0.426 e. The zero-order valence-corrected chi connectivity index (χ0v) is 15.6. The van der Waals surface area contributed by atoms with E-state index in [0.29, 0.717) is 18.2 Å². The smallest absolute Gasteiger partial charge is 0.316 e. The number of para-hydroxylation sites is 1. The Hall–Kier alpha value is -2.62. The van der Waals surface area contributed by atoms with Crippen LogP contribution in [0.4, 0.5) is 5.69 Å². The maximum atomic E-state index is 12.7. The minimum Gasteiger partial charge on any atom is -0.426 e. The Labute approximate surface area is 154 Å². The summed E-state index contributed by atoms with van der Waals surface area (Å²) in [5.41, 5.74) is 2.96. The van der Waals surface area contributed by atoms with Gasteiger partial charge in [-0.05, 0) is 48.6 Å². The van der Waals surface area contributed by atoms with Crippen LogP contribution >= 0.6 is 0 Å². The number of rotatable bonds is 5. The van der Waals surface area contributed by atoms with Crippen LogP contribution in [-0.4, -0.2) is 18.4 Å². The molecule has 2 aromatic rings. The van der Waals surface area contributed by atoms with Crippen molar-refractivity contribution in [3.05, 3.63) is 59.7 Å². The molecule has 1 heterocycles. The van der Waals surface area contributed by atoms with Crippen LogP contribution in [0.15, 0.2) is 48.5 Å². The van der Waals surface area contributed by atoms with E-state index in [4.69, 9.17) is 4.74 Å². The summed E-state index contributed by atoms with van der Waals surface area (Å²) in [6.07, 6.45) is 1.16. The highest BCUT2D eigenvalue weighted by Crippen LogP contribution is 2.31. The van der Waals surface area contributed by atoms with Crippen LogP contribution in [0.3, 0.4) is 0 Å². The summed E-state index contributed by atoms with van der Waals surface area (Å²) in [7, 11) is 0. The van der Waals surface area contributed by atoms with Gasteiger partial charge in [-0.25, -0.2) is 0 Å². The first-order valence-electron chi connectivity index (χ1n) is 9.17. The predicted octanol–water partition coefficient (Wildman–Crippen LogP) is 4.47. The third-order valence-electron chi connectivity index (χ3n) is 5.04. The van der Waals surface area contributed by atoms with Crippen LogP contribution in [0.25, 0.3) is 0 Å². The molecule has 0 N–H and O–H groups in total. The van der Waals surface area contributed by atoms with E-state index in [9.17, 15) is 9.59 Å². The standard InChI is InChI=1S/C22H25NO3/c1-4-16(3)19-10-5-6-11-20(19)26-22(25)17-13-21(24)23(14-17)18-9-7-8-15(2)12-18/h5-12,16-17H,4,13-14H2,1-3H3/t16-,17+/m1/s1. The van der Waals surface area contributed by atoms with Crippen LogP contribution in [0.1, 0.15) is 43.7 Å². The maximum Gasteiger partial charge on any atom is 0.316 e. The highest BCUT2D eigenvalue weighted by molar-refractivity contribution is 5.99. The van der Waals surface area contributed by atoms with Gasteiger partial charge in [0.05, 0.1) is 5.92 Å². The van der Waals surface area contributed by atoms with Gasteiger partial charge in [0.15, 0.2) is 0 Å². The van der Waals surface area contributed by atoms with Crippen molar-refractivity contribution in [1.82, 2.24) is 0 Å². The Balaban J connectivity index is 1.73. The molecule has 26 heavy (non-hydrogen) atoms. The molecular weight excluding hydrogens is 326 g/mol. The number of carbonyl (C=O) groups excluding carboxylic acids is 2. The lowest BCUT2D eigenvalue weighted by molar-refractivity contribution is -0.139. The normalized spacial score (nSPS) is 18.0. The molecule has 136 valence electrons. The number of aryl methyl sites for hydroxylation is 1. The highest BCUT2D eigenvalue weighted by Gasteiger charge is 2.36. The average molecular weight is 351 g/mol. The zero-order chi connectivity index (χ0) is 18.7. The second kappa shape index (κ2) is 7.73. The lowest BCUT2D eigenvalue weighted by Crippen LogP contribution is -2.27. The average Bonchev–Trinajstić information content (AvgIpc) is 3.03. The summed E-state index contributed by atoms with van der Waals surface area (Å²) < 4.78 is 5.69. The molecule has 0 aliphatic carbocycles. The topological polar surface area (TPSA) is 46.6 Å². The number of benzene rings is 2. The third kappa shape index (κ3) is 3.79. The monoisotopic (exact) mass is 351 g/mol. The number of anilines is 1. The summed E-state index contributed by atoms with van der Waals surface area (Å²) in [4.78, 5) is 26.7. The summed E-state index contributed by atoms with van der Waals surface area (Å²) in [5.74, 6) is 0.117. The molecule has 0 aromatic heterocycles. The van der Waals surface area contributed by atoms with E-state index >= 15 is 0 Å². The number of hydrogen-bond donors (Lipinski definition) is 0. The van der Waals surface area contributed by atoms with Crippen molar-refractivity contribution >= 4 is 17.6 Å². The van der Waals surface area contributed by atoms with Gasteiger partial charge in [0, 0.05) is 18.7 Å². The maximum absolute atomic E-state index is 12.7. The number of carbonyl (C=O) groups is 2. The Morgan fingerprint density at radius 2 is 2.00 bits per heavy atom. The molecular formula is C22H25NO3. The second-order valence-corrected chi connectivity index (χ2v) is 7.01. The van der Waals surface area contributed by atoms with E-state index in [2.05, 4.69) is 13.8 Å². The van der Waals surface area contributed by atoms with E-state index < -0.39 is 5.92 Å². The fourth-order valence-electron chi connectivity index (χ4n) is 3.30. The second-order valence-electron chi connectivity index (χ2n) is 7.01. The van der Waals surface area contributed by atoms with Gasteiger partial charge >= 0.3 is 5.97 Å². The van der Waals surface area contributed by atoms with Gasteiger partial charge in [0.25, 0.3) is 0 Å². The van der Waals surface area contributed by atoms with Crippen LogP contribution < -0.4 is 9.64 Å². The Kier molecular flexibility index (Phi) is 5.40. The van der Waals surface area contributed by atoms with Crippen LogP contribution in [0.2, 0.25) is 0 Å². The lowest BCUT2D eigenvalue weighted by Gasteiger charge is -2.18. The molecule has 0 spiro atoms. The van der Waals surface area contributed by atoms with Gasteiger partial charge in [-0.2, -0.15) is 0 Å². The molecule has 1 saturated heterocycles. The molecule has 3 rings (SSSR count). The number of ether oxygens (including phenoxy) is 1. The fourth-order valence-corrected chi connectivity index (χ4v) is 3.30. The van der Waals surface area contributed by atoms with Crippen molar-refractivity contribution in [2.75, 3.05) is 11.4 Å². The van der Waals surface area contributed by atoms with Gasteiger partial charge < -0.3 is 9.64 Å². The Bertz CT molecular complexity index is 815. The number of hydrogen-bond acceptors (Lipinski definition) is 3. The fraction of sp³-hybridized carbons (Fsp3) is 0.364. The van der Waals surface area contributed by atoms with Gasteiger partial charge in [0.2, 0.25) is 5.91 Å². The molecule has 1 amide bonds. The Morgan fingerprint density at radius 3 is 2.73 bits per heavy atom. The van der Waals surface area contributed by atoms with E-state index in [0.717, 1.165) is 23.2 Å². The molecule has 4 heteroatoms. The quantitative estimate of drug-likeness (QED) is 0.590. The zero-order valence-electron chi connectivity index (χ0n) is 15.6. The van der Waals surface area contributed by atoms with Crippen molar-refractivity contribution in [2.45, 2.75) is 39.5 Å². The molecule has 0 bridgehead atoms. The molecule has 1 fully saturated rings. The molecule has 0 saturated carbocycles. The predicted molar refractivity (Wildman–Crippen MR) is 102 cm³/mol. The van der Waals surface area contributed by atoms with Crippen LogP contribution in [-0.2, 0) is 9.59 Å².